The first kappa shape index (κ1) is 7.95. The van der Waals surface area contributed by atoms with Crippen LogP contribution in [0.25, 0.3) is 0 Å². The normalized spacial score (nSPS) is 10.9. The zero-order valence-corrected chi connectivity index (χ0v) is 5.63. The number of rotatable bonds is 2. The van der Waals surface area contributed by atoms with Gasteiger partial charge in [-0.15, -0.1) is 0 Å². The summed E-state index contributed by atoms with van der Waals surface area (Å²) in [4.78, 5) is 10.4. The number of hydrogen-bond donors (Lipinski definition) is 0. The molecule has 0 aromatic rings. The highest BCUT2D eigenvalue weighted by Crippen LogP contribution is 1.81. The smallest absolute Gasteiger partial charge is 0.335 e. The van der Waals surface area contributed by atoms with Gasteiger partial charge in [-0.25, -0.2) is 4.79 Å². The van der Waals surface area contributed by atoms with Crippen molar-refractivity contribution in [2.24, 2.45) is 0 Å². The SMILES string of the molecule is C/C=C/OC(=O)/C=C/C. The molecule has 2 nitrogen and oxygen atoms in total. The fourth-order valence-electron chi connectivity index (χ4n) is 0.310. The van der Waals surface area contributed by atoms with Gasteiger partial charge in [0.1, 0.15) is 0 Å². The molecule has 0 rings (SSSR count). The van der Waals surface area contributed by atoms with E-state index in [1.165, 1.54) is 12.3 Å². The van der Waals surface area contributed by atoms with Crippen LogP contribution < -0.4 is 0 Å². The molecule has 0 saturated carbocycles. The number of ether oxygens (including phenoxy) is 1. The predicted molar refractivity (Wildman–Crippen MR) is 35.7 cm³/mol. The Bertz CT molecular complexity index is 134. The maximum absolute atomic E-state index is 10.4. The largest absolute Gasteiger partial charge is 0.432 e. The van der Waals surface area contributed by atoms with Crippen molar-refractivity contribution in [1.29, 1.82) is 0 Å². The molecule has 0 radical (unpaired) electrons. The van der Waals surface area contributed by atoms with E-state index in [0.717, 1.165) is 0 Å². The van der Waals surface area contributed by atoms with Crippen LogP contribution in [0.2, 0.25) is 0 Å². The van der Waals surface area contributed by atoms with Crippen molar-refractivity contribution < 1.29 is 9.53 Å². The molecule has 0 aromatic carbocycles. The van der Waals surface area contributed by atoms with E-state index in [4.69, 9.17) is 0 Å². The Morgan fingerprint density at radius 2 is 2.00 bits per heavy atom. The van der Waals surface area contributed by atoms with Crippen molar-refractivity contribution in [2.75, 3.05) is 0 Å². The summed E-state index contributed by atoms with van der Waals surface area (Å²) in [5.41, 5.74) is 0. The van der Waals surface area contributed by atoms with E-state index in [1.807, 2.05) is 0 Å². The second kappa shape index (κ2) is 5.09. The molecule has 0 N–H and O–H groups in total. The van der Waals surface area contributed by atoms with Gasteiger partial charge in [0, 0.05) is 6.08 Å². The Morgan fingerprint density at radius 3 is 2.44 bits per heavy atom. The average Bonchev–Trinajstić information content (AvgIpc) is 1.85. The van der Waals surface area contributed by atoms with Crippen LogP contribution in [-0.2, 0) is 9.53 Å². The summed E-state index contributed by atoms with van der Waals surface area (Å²) in [5.74, 6) is -0.337. The Labute approximate surface area is 54.8 Å². The van der Waals surface area contributed by atoms with Crippen LogP contribution in [-0.4, -0.2) is 5.97 Å². The van der Waals surface area contributed by atoms with E-state index in [9.17, 15) is 4.79 Å². The van der Waals surface area contributed by atoms with Gasteiger partial charge in [-0.1, -0.05) is 12.2 Å². The second-order valence-corrected chi connectivity index (χ2v) is 1.41. The summed E-state index contributed by atoms with van der Waals surface area (Å²) in [6.07, 6.45) is 6.00. The highest BCUT2D eigenvalue weighted by atomic mass is 16.5. The van der Waals surface area contributed by atoms with Gasteiger partial charge < -0.3 is 4.74 Å². The van der Waals surface area contributed by atoms with Gasteiger partial charge in [-0.05, 0) is 13.8 Å². The molecule has 50 valence electrons. The third-order valence-electron chi connectivity index (χ3n) is 0.623. The van der Waals surface area contributed by atoms with Crippen LogP contribution in [0.4, 0.5) is 0 Å². The average molecular weight is 126 g/mol. The van der Waals surface area contributed by atoms with Gasteiger partial charge in [0.2, 0.25) is 0 Å². The van der Waals surface area contributed by atoms with Gasteiger partial charge in [0.05, 0.1) is 6.26 Å². The molecule has 0 bridgehead atoms. The zero-order chi connectivity index (χ0) is 7.11. The van der Waals surface area contributed by atoms with Gasteiger partial charge in [-0.2, -0.15) is 0 Å². The molecule has 0 saturated heterocycles. The minimum atomic E-state index is -0.337. The van der Waals surface area contributed by atoms with Crippen LogP contribution in [0.15, 0.2) is 24.5 Å². The van der Waals surface area contributed by atoms with Crippen molar-refractivity contribution >= 4 is 5.97 Å². The van der Waals surface area contributed by atoms with E-state index in [-0.39, 0.29) is 5.97 Å². The molecule has 0 aliphatic heterocycles. The lowest BCUT2D eigenvalue weighted by Gasteiger charge is -1.88. The molecular weight excluding hydrogens is 116 g/mol. The van der Waals surface area contributed by atoms with Crippen molar-refractivity contribution in [3.05, 3.63) is 24.5 Å². The molecule has 0 aliphatic carbocycles. The summed E-state index contributed by atoms with van der Waals surface area (Å²) >= 11 is 0. The molecule has 0 aliphatic rings. The van der Waals surface area contributed by atoms with Crippen molar-refractivity contribution in [1.82, 2.24) is 0 Å². The van der Waals surface area contributed by atoms with Crippen LogP contribution in [0.3, 0.4) is 0 Å². The van der Waals surface area contributed by atoms with Gasteiger partial charge >= 0.3 is 5.97 Å². The Hall–Kier alpha value is -1.05. The molecule has 9 heavy (non-hydrogen) atoms. The van der Waals surface area contributed by atoms with E-state index >= 15 is 0 Å². The van der Waals surface area contributed by atoms with Crippen LogP contribution in [0.1, 0.15) is 13.8 Å². The lowest BCUT2D eigenvalue weighted by Crippen LogP contribution is -1.91. The monoisotopic (exact) mass is 126 g/mol. The molecule has 0 fully saturated rings. The fraction of sp³-hybridized carbons (Fsp3) is 0.286. The third kappa shape index (κ3) is 4.81. The minimum absolute atomic E-state index is 0.337. The summed E-state index contributed by atoms with van der Waals surface area (Å²) < 4.78 is 4.53. The molecule has 2 heteroatoms. The number of hydrogen-bond acceptors (Lipinski definition) is 2. The van der Waals surface area contributed by atoms with Crippen molar-refractivity contribution in [3.63, 3.8) is 0 Å². The summed E-state index contributed by atoms with van der Waals surface area (Å²) in [6, 6.07) is 0. The maximum atomic E-state index is 10.4. The van der Waals surface area contributed by atoms with Gasteiger partial charge in [0.25, 0.3) is 0 Å². The quantitative estimate of drug-likeness (QED) is 0.319. The fourth-order valence-corrected chi connectivity index (χ4v) is 0.310. The summed E-state index contributed by atoms with van der Waals surface area (Å²) in [7, 11) is 0. The van der Waals surface area contributed by atoms with Gasteiger partial charge in [0.15, 0.2) is 0 Å². The standard InChI is InChI=1S/C7H10O2/c1-3-5-7(8)9-6-4-2/h3-6H,1-2H3/b5-3+,6-4+. The predicted octanol–water partition coefficient (Wildman–Crippen LogP) is 1.64. The third-order valence-corrected chi connectivity index (χ3v) is 0.623. The van der Waals surface area contributed by atoms with Crippen LogP contribution in [0.5, 0.6) is 0 Å². The molecule has 0 heterocycles. The molecule has 0 unspecified atom stereocenters. The van der Waals surface area contributed by atoms with Crippen molar-refractivity contribution in [2.45, 2.75) is 13.8 Å². The second-order valence-electron chi connectivity index (χ2n) is 1.41. The lowest BCUT2D eigenvalue weighted by molar-refractivity contribution is -0.132. The van der Waals surface area contributed by atoms with E-state index in [2.05, 4.69) is 4.74 Å². The number of esters is 1. The molecule has 0 spiro atoms. The number of carbonyl (C=O) groups excluding carboxylic acids is 1. The number of carbonyl (C=O) groups is 1. The van der Waals surface area contributed by atoms with E-state index in [1.54, 1.807) is 26.0 Å². The van der Waals surface area contributed by atoms with Gasteiger partial charge in [-0.3, -0.25) is 0 Å². The highest BCUT2D eigenvalue weighted by molar-refractivity contribution is 5.82. The molecule has 0 atom stereocenters. The highest BCUT2D eigenvalue weighted by Gasteiger charge is 1.87. The first-order valence-corrected chi connectivity index (χ1v) is 2.75. The van der Waals surface area contributed by atoms with Crippen molar-refractivity contribution in [3.8, 4) is 0 Å². The Morgan fingerprint density at radius 1 is 1.33 bits per heavy atom. The summed E-state index contributed by atoms with van der Waals surface area (Å²) in [6.45, 7) is 3.54. The zero-order valence-electron chi connectivity index (χ0n) is 5.63. The minimum Gasteiger partial charge on any atom is -0.432 e. The first-order chi connectivity index (χ1) is 4.31. The first-order valence-electron chi connectivity index (χ1n) is 2.75. The molecular formula is C7H10O2. The Balaban J connectivity index is 3.51. The van der Waals surface area contributed by atoms with E-state index < -0.39 is 0 Å². The number of allylic oxidation sites excluding steroid dienone is 2. The Kier molecular flexibility index (Phi) is 4.50. The lowest BCUT2D eigenvalue weighted by atomic mass is 10.5. The van der Waals surface area contributed by atoms with E-state index in [0.29, 0.717) is 0 Å². The molecule has 0 amide bonds. The molecule has 0 aromatic heterocycles. The summed E-state index contributed by atoms with van der Waals surface area (Å²) in [5, 5.41) is 0. The topological polar surface area (TPSA) is 26.3 Å². The van der Waals surface area contributed by atoms with Crippen LogP contribution in [0, 0.1) is 0 Å². The van der Waals surface area contributed by atoms with Crippen LogP contribution >= 0.6 is 0 Å². The maximum Gasteiger partial charge on any atom is 0.335 e.